The third kappa shape index (κ3) is 3.26. The summed E-state index contributed by atoms with van der Waals surface area (Å²) in [6, 6.07) is 12.5. The van der Waals surface area contributed by atoms with Crippen LogP contribution in [0.1, 0.15) is 36.1 Å². The SMILES string of the molecule is Cc1ccc(C(C)Nc2ccc(N)cc2C(F)F)cc1. The third-order valence-corrected chi connectivity index (χ3v) is 3.26. The van der Waals surface area contributed by atoms with Gasteiger partial charge in [-0.05, 0) is 37.6 Å². The van der Waals surface area contributed by atoms with Gasteiger partial charge in [-0.2, -0.15) is 0 Å². The molecule has 0 fully saturated rings. The van der Waals surface area contributed by atoms with E-state index in [-0.39, 0.29) is 11.6 Å². The maximum Gasteiger partial charge on any atom is 0.265 e. The Kier molecular flexibility index (Phi) is 4.23. The van der Waals surface area contributed by atoms with Gasteiger partial charge < -0.3 is 11.1 Å². The van der Waals surface area contributed by atoms with Gasteiger partial charge >= 0.3 is 0 Å². The van der Waals surface area contributed by atoms with Gasteiger partial charge in [0.05, 0.1) is 0 Å². The van der Waals surface area contributed by atoms with Crippen LogP contribution >= 0.6 is 0 Å². The second-order valence-corrected chi connectivity index (χ2v) is 4.92. The number of nitrogens with one attached hydrogen (secondary N) is 1. The fourth-order valence-electron chi connectivity index (χ4n) is 2.06. The van der Waals surface area contributed by atoms with Crippen LogP contribution in [0.15, 0.2) is 42.5 Å². The van der Waals surface area contributed by atoms with Crippen LogP contribution in [0.3, 0.4) is 0 Å². The highest BCUT2D eigenvalue weighted by Gasteiger charge is 2.15. The van der Waals surface area contributed by atoms with Gasteiger partial charge in [0.25, 0.3) is 6.43 Å². The Morgan fingerprint density at radius 3 is 2.30 bits per heavy atom. The Morgan fingerprint density at radius 1 is 1.05 bits per heavy atom. The van der Waals surface area contributed by atoms with Crippen LogP contribution in [0.25, 0.3) is 0 Å². The predicted molar refractivity (Wildman–Crippen MR) is 79.0 cm³/mol. The Hall–Kier alpha value is -2.10. The molecule has 0 aliphatic heterocycles. The van der Waals surface area contributed by atoms with E-state index in [1.807, 2.05) is 38.1 Å². The van der Waals surface area contributed by atoms with E-state index in [0.29, 0.717) is 11.4 Å². The molecule has 0 aliphatic rings. The van der Waals surface area contributed by atoms with Gasteiger partial charge in [-0.25, -0.2) is 8.78 Å². The van der Waals surface area contributed by atoms with Gasteiger partial charge in [0, 0.05) is 23.0 Å². The highest BCUT2D eigenvalue weighted by molar-refractivity contribution is 5.59. The summed E-state index contributed by atoms with van der Waals surface area (Å²) in [5.41, 5.74) is 8.47. The first-order chi connectivity index (χ1) is 9.47. The first-order valence-corrected chi connectivity index (χ1v) is 6.48. The monoisotopic (exact) mass is 276 g/mol. The van der Waals surface area contributed by atoms with Crippen molar-refractivity contribution in [3.63, 3.8) is 0 Å². The van der Waals surface area contributed by atoms with E-state index < -0.39 is 6.43 Å². The minimum Gasteiger partial charge on any atom is -0.399 e. The lowest BCUT2D eigenvalue weighted by Crippen LogP contribution is -2.09. The van der Waals surface area contributed by atoms with Crippen molar-refractivity contribution in [1.29, 1.82) is 0 Å². The number of hydrogen-bond donors (Lipinski definition) is 2. The van der Waals surface area contributed by atoms with Crippen molar-refractivity contribution in [3.8, 4) is 0 Å². The van der Waals surface area contributed by atoms with Crippen molar-refractivity contribution in [2.45, 2.75) is 26.3 Å². The van der Waals surface area contributed by atoms with Gasteiger partial charge in [0.15, 0.2) is 0 Å². The molecule has 0 spiro atoms. The fraction of sp³-hybridized carbons (Fsp3) is 0.250. The lowest BCUT2D eigenvalue weighted by Gasteiger charge is -2.19. The number of rotatable bonds is 4. The first-order valence-electron chi connectivity index (χ1n) is 6.48. The van der Waals surface area contributed by atoms with E-state index in [2.05, 4.69) is 5.32 Å². The van der Waals surface area contributed by atoms with E-state index in [0.717, 1.165) is 5.56 Å². The zero-order valence-corrected chi connectivity index (χ0v) is 11.5. The largest absolute Gasteiger partial charge is 0.399 e. The molecule has 4 heteroatoms. The van der Waals surface area contributed by atoms with Crippen LogP contribution in [0.5, 0.6) is 0 Å². The zero-order valence-electron chi connectivity index (χ0n) is 11.5. The lowest BCUT2D eigenvalue weighted by atomic mass is 10.1. The average molecular weight is 276 g/mol. The number of aryl methyl sites for hydroxylation is 1. The summed E-state index contributed by atoms with van der Waals surface area (Å²) in [5, 5.41) is 3.12. The quantitative estimate of drug-likeness (QED) is 0.795. The molecule has 2 aromatic rings. The van der Waals surface area contributed by atoms with Crippen molar-refractivity contribution in [3.05, 3.63) is 59.2 Å². The summed E-state index contributed by atoms with van der Waals surface area (Å²) in [6.07, 6.45) is -2.55. The van der Waals surface area contributed by atoms with E-state index in [1.54, 1.807) is 12.1 Å². The van der Waals surface area contributed by atoms with Crippen LogP contribution in [-0.2, 0) is 0 Å². The highest BCUT2D eigenvalue weighted by Crippen LogP contribution is 2.31. The van der Waals surface area contributed by atoms with E-state index >= 15 is 0 Å². The molecule has 0 aliphatic carbocycles. The molecular weight excluding hydrogens is 258 g/mol. The molecule has 0 aromatic heterocycles. The number of nitrogen functional groups attached to an aromatic ring is 1. The number of hydrogen-bond acceptors (Lipinski definition) is 2. The molecule has 0 saturated carbocycles. The third-order valence-electron chi connectivity index (χ3n) is 3.26. The van der Waals surface area contributed by atoms with Crippen molar-refractivity contribution in [2.75, 3.05) is 11.1 Å². The Bertz CT molecular complexity index is 580. The summed E-state index contributed by atoms with van der Waals surface area (Å²) in [4.78, 5) is 0. The molecule has 2 aromatic carbocycles. The van der Waals surface area contributed by atoms with Gasteiger partial charge in [-0.1, -0.05) is 29.8 Å². The number of alkyl halides is 2. The highest BCUT2D eigenvalue weighted by atomic mass is 19.3. The molecule has 2 nitrogen and oxygen atoms in total. The second-order valence-electron chi connectivity index (χ2n) is 4.92. The molecule has 0 bridgehead atoms. The molecule has 2 rings (SSSR count). The number of nitrogens with two attached hydrogens (primary N) is 1. The van der Waals surface area contributed by atoms with Crippen molar-refractivity contribution in [2.24, 2.45) is 0 Å². The minimum atomic E-state index is -2.55. The molecular formula is C16H18F2N2. The summed E-state index contributed by atoms with van der Waals surface area (Å²) >= 11 is 0. The van der Waals surface area contributed by atoms with Gasteiger partial charge in [0.2, 0.25) is 0 Å². The zero-order chi connectivity index (χ0) is 14.7. The van der Waals surface area contributed by atoms with E-state index in [4.69, 9.17) is 5.73 Å². The molecule has 20 heavy (non-hydrogen) atoms. The van der Waals surface area contributed by atoms with Crippen LogP contribution in [0.2, 0.25) is 0 Å². The minimum absolute atomic E-state index is 0.0586. The maximum absolute atomic E-state index is 13.0. The average Bonchev–Trinajstić information content (AvgIpc) is 2.41. The van der Waals surface area contributed by atoms with E-state index in [1.165, 1.54) is 11.6 Å². The van der Waals surface area contributed by atoms with Crippen LogP contribution in [0, 0.1) is 6.92 Å². The second kappa shape index (κ2) is 5.90. The molecule has 0 radical (unpaired) electrons. The molecule has 0 heterocycles. The predicted octanol–water partition coefficient (Wildman–Crippen LogP) is 4.69. The van der Waals surface area contributed by atoms with Crippen molar-refractivity contribution in [1.82, 2.24) is 0 Å². The van der Waals surface area contributed by atoms with Gasteiger partial charge in [0.1, 0.15) is 0 Å². The summed E-state index contributed by atoms with van der Waals surface area (Å²) in [6.45, 7) is 3.95. The topological polar surface area (TPSA) is 38.0 Å². The number of halogens is 2. The van der Waals surface area contributed by atoms with Gasteiger partial charge in [-0.3, -0.25) is 0 Å². The van der Waals surface area contributed by atoms with Crippen molar-refractivity contribution >= 4 is 11.4 Å². The van der Waals surface area contributed by atoms with Crippen molar-refractivity contribution < 1.29 is 8.78 Å². The molecule has 1 unspecified atom stereocenters. The van der Waals surface area contributed by atoms with Crippen LogP contribution < -0.4 is 11.1 Å². The summed E-state index contributed by atoms with van der Waals surface area (Å²) < 4.78 is 26.0. The molecule has 106 valence electrons. The standard InChI is InChI=1S/C16H18F2N2/c1-10-3-5-12(6-4-10)11(2)20-15-8-7-13(19)9-14(15)16(17)18/h3-9,11,16,20H,19H2,1-2H3. The number of benzene rings is 2. The Labute approximate surface area is 117 Å². The maximum atomic E-state index is 13.0. The first kappa shape index (κ1) is 14.3. The fourth-order valence-corrected chi connectivity index (χ4v) is 2.06. The summed E-state index contributed by atoms with van der Waals surface area (Å²) in [5.74, 6) is 0. The van der Waals surface area contributed by atoms with Crippen LogP contribution in [0.4, 0.5) is 20.2 Å². The molecule has 1 atom stereocenters. The number of anilines is 2. The smallest absolute Gasteiger partial charge is 0.265 e. The lowest BCUT2D eigenvalue weighted by molar-refractivity contribution is 0.152. The van der Waals surface area contributed by atoms with E-state index in [9.17, 15) is 8.78 Å². The molecule has 3 N–H and O–H groups in total. The Morgan fingerprint density at radius 2 is 1.70 bits per heavy atom. The molecule has 0 amide bonds. The van der Waals surface area contributed by atoms with Gasteiger partial charge in [-0.15, -0.1) is 0 Å². The molecule has 0 saturated heterocycles. The van der Waals surface area contributed by atoms with Crippen LogP contribution in [-0.4, -0.2) is 0 Å². The normalized spacial score (nSPS) is 12.4. The Balaban J connectivity index is 2.23. The summed E-state index contributed by atoms with van der Waals surface area (Å²) in [7, 11) is 0.